The zero-order valence-corrected chi connectivity index (χ0v) is 38.1. The van der Waals surface area contributed by atoms with E-state index in [0.29, 0.717) is 16.9 Å². The normalized spacial score (nSPS) is 13.5. The van der Waals surface area contributed by atoms with Crippen molar-refractivity contribution in [3.8, 4) is 28.6 Å². The van der Waals surface area contributed by atoms with Crippen LogP contribution in [0.5, 0.6) is 0 Å². The monoisotopic (exact) mass is 889 g/mol. The van der Waals surface area contributed by atoms with Crippen molar-refractivity contribution in [1.29, 1.82) is 5.26 Å². The first kappa shape index (κ1) is 38.0. The molecule has 0 amide bonds. The predicted molar refractivity (Wildman–Crippen MR) is 288 cm³/mol. The molecule has 0 saturated carbocycles. The van der Waals surface area contributed by atoms with Crippen molar-refractivity contribution in [3.05, 3.63) is 235 Å². The van der Waals surface area contributed by atoms with Crippen LogP contribution in [0.4, 0.5) is 22.7 Å². The summed E-state index contributed by atoms with van der Waals surface area (Å²) in [5, 5.41) is 21.9. The third-order valence-corrected chi connectivity index (χ3v) is 20.3. The molecule has 0 atom stereocenters. The summed E-state index contributed by atoms with van der Waals surface area (Å²) in [5.41, 5.74) is 14.9. The number of para-hydroxylation sites is 5. The summed E-state index contributed by atoms with van der Waals surface area (Å²) in [4.78, 5) is 6.94. The molecule has 0 fully saturated rings. The van der Waals surface area contributed by atoms with Crippen LogP contribution in [0.15, 0.2) is 218 Å². The number of nitriles is 1. The van der Waals surface area contributed by atoms with E-state index >= 15 is 0 Å². The molecule has 15 rings (SSSR count). The highest BCUT2D eigenvalue weighted by atomic mass is 28.3. The Kier molecular flexibility index (Phi) is 7.69. The Morgan fingerprint density at radius 2 is 1.07 bits per heavy atom. The molecule has 69 heavy (non-hydrogen) atoms. The lowest BCUT2D eigenvalue weighted by Gasteiger charge is -2.42. The molecule has 3 aliphatic rings. The van der Waals surface area contributed by atoms with Crippen LogP contribution in [0.1, 0.15) is 5.56 Å². The second-order valence-corrected chi connectivity index (χ2v) is 22.2. The molecule has 7 heteroatoms. The molecule has 2 aromatic heterocycles. The van der Waals surface area contributed by atoms with Crippen LogP contribution in [0.3, 0.4) is 0 Å². The quantitative estimate of drug-likeness (QED) is 0.131. The lowest BCUT2D eigenvalue weighted by molar-refractivity contribution is 1.13. The number of aromatic nitrogens is 2. The van der Waals surface area contributed by atoms with Crippen molar-refractivity contribution in [2.75, 3.05) is 4.90 Å². The van der Waals surface area contributed by atoms with E-state index in [2.05, 4.69) is 237 Å². The number of nitrogens with zero attached hydrogens (tertiary/aromatic N) is 5. The fraction of sp³-hybridized carbons (Fsp3) is 0. The Bertz CT molecular complexity index is 4250. The molecule has 0 radical (unpaired) electrons. The van der Waals surface area contributed by atoms with E-state index in [0.717, 1.165) is 77.3 Å². The maximum Gasteiger partial charge on any atom is 0.250 e. The summed E-state index contributed by atoms with van der Waals surface area (Å²) in [6, 6.07) is 81.8. The third-order valence-electron chi connectivity index (χ3n) is 15.4. The van der Waals surface area contributed by atoms with Crippen LogP contribution in [-0.2, 0) is 0 Å². The SMILES string of the molecule is [C-]#[N+]c1c(-n2c3ccccc3c3cc4c(cc32)-c2ccccc2[Si]4(c2ccccc2)c2ccccc2)c(C#N)c2c3c1-n1c4ccccc4c4cccc(c41)B3c1ccccc1N2c1ccccc1. The number of rotatable bonds is 4. The minimum Gasteiger partial charge on any atom is -0.320 e. The van der Waals surface area contributed by atoms with Crippen LogP contribution in [-0.4, -0.2) is 23.9 Å². The maximum atomic E-state index is 12.1. The molecule has 316 valence electrons. The molecule has 3 aliphatic heterocycles. The van der Waals surface area contributed by atoms with Crippen LogP contribution in [0, 0.1) is 17.9 Å². The van der Waals surface area contributed by atoms with Crippen LogP contribution in [0.25, 0.3) is 71.0 Å². The largest absolute Gasteiger partial charge is 0.320 e. The summed E-state index contributed by atoms with van der Waals surface area (Å²) in [6.07, 6.45) is 0. The van der Waals surface area contributed by atoms with Gasteiger partial charge in [0, 0.05) is 38.4 Å². The minimum absolute atomic E-state index is 0.236. The Morgan fingerprint density at radius 1 is 0.478 bits per heavy atom. The van der Waals surface area contributed by atoms with Crippen molar-refractivity contribution in [2.45, 2.75) is 0 Å². The number of hydrogen-bond donors (Lipinski definition) is 0. The van der Waals surface area contributed by atoms with Crippen molar-refractivity contribution in [3.63, 3.8) is 0 Å². The van der Waals surface area contributed by atoms with Gasteiger partial charge >= 0.3 is 0 Å². The summed E-state index contributed by atoms with van der Waals surface area (Å²) < 4.78 is 4.62. The molecule has 12 aromatic rings. The molecular formula is C62H36BN5Si. The predicted octanol–water partition coefficient (Wildman–Crippen LogP) is 10.3. The van der Waals surface area contributed by atoms with Crippen molar-refractivity contribution in [1.82, 2.24) is 9.13 Å². The molecule has 0 unspecified atom stereocenters. The Morgan fingerprint density at radius 3 is 1.80 bits per heavy atom. The van der Waals surface area contributed by atoms with Gasteiger partial charge in [0.25, 0.3) is 6.71 Å². The molecule has 0 N–H and O–H groups in total. The Hall–Kier alpha value is -9.14. The van der Waals surface area contributed by atoms with Gasteiger partial charge in [0.1, 0.15) is 6.07 Å². The first-order chi connectivity index (χ1) is 34.2. The van der Waals surface area contributed by atoms with Gasteiger partial charge in [-0.3, -0.25) is 0 Å². The van der Waals surface area contributed by atoms with Crippen molar-refractivity contribution in [2.24, 2.45) is 0 Å². The number of hydrogen-bond acceptors (Lipinski definition) is 2. The summed E-state index contributed by atoms with van der Waals surface area (Å²) in [5.74, 6) is 0. The highest BCUT2D eigenvalue weighted by Crippen LogP contribution is 2.50. The molecule has 0 bridgehead atoms. The van der Waals surface area contributed by atoms with Crippen molar-refractivity contribution < 1.29 is 0 Å². The molecular weight excluding hydrogens is 854 g/mol. The second kappa shape index (κ2) is 13.9. The zero-order chi connectivity index (χ0) is 45.5. The fourth-order valence-electron chi connectivity index (χ4n) is 12.9. The number of benzene rings is 10. The van der Waals surface area contributed by atoms with E-state index in [-0.39, 0.29) is 6.71 Å². The number of anilines is 3. The van der Waals surface area contributed by atoms with Gasteiger partial charge in [0.05, 0.1) is 45.7 Å². The average molecular weight is 890 g/mol. The van der Waals surface area contributed by atoms with E-state index in [9.17, 15) is 11.8 Å². The molecule has 0 spiro atoms. The minimum atomic E-state index is -2.85. The average Bonchev–Trinajstić information content (AvgIpc) is 4.03. The van der Waals surface area contributed by atoms with E-state index in [1.54, 1.807) is 0 Å². The molecule has 0 saturated heterocycles. The van der Waals surface area contributed by atoms with E-state index in [1.807, 2.05) is 6.07 Å². The van der Waals surface area contributed by atoms with E-state index in [4.69, 9.17) is 0 Å². The first-order valence-corrected chi connectivity index (χ1v) is 25.5. The van der Waals surface area contributed by atoms with Gasteiger partial charge in [-0.15, -0.1) is 0 Å². The smallest absolute Gasteiger partial charge is 0.250 e. The molecule has 5 nitrogen and oxygen atoms in total. The summed E-state index contributed by atoms with van der Waals surface area (Å²) >= 11 is 0. The first-order valence-electron chi connectivity index (χ1n) is 23.5. The van der Waals surface area contributed by atoms with Gasteiger partial charge in [-0.25, -0.2) is 4.85 Å². The second-order valence-electron chi connectivity index (χ2n) is 18.5. The lowest BCUT2D eigenvalue weighted by atomic mass is 9.33. The number of fused-ring (bicyclic) bond motifs is 13. The molecule has 5 heterocycles. The van der Waals surface area contributed by atoms with E-state index in [1.165, 1.54) is 37.3 Å². The van der Waals surface area contributed by atoms with Gasteiger partial charge in [0.2, 0.25) is 5.69 Å². The fourth-order valence-corrected chi connectivity index (χ4v) is 18.1. The summed E-state index contributed by atoms with van der Waals surface area (Å²) in [6.45, 7) is 9.23. The Labute approximate surface area is 399 Å². The van der Waals surface area contributed by atoms with Crippen LogP contribution in [0.2, 0.25) is 0 Å². The topological polar surface area (TPSA) is 41.2 Å². The third kappa shape index (κ3) is 4.72. The van der Waals surface area contributed by atoms with Gasteiger partial charge < -0.3 is 14.0 Å². The Balaban J connectivity index is 1.15. The summed E-state index contributed by atoms with van der Waals surface area (Å²) in [7, 11) is -2.85. The van der Waals surface area contributed by atoms with Gasteiger partial charge in [-0.1, -0.05) is 182 Å². The van der Waals surface area contributed by atoms with Gasteiger partial charge in [-0.05, 0) is 84.7 Å². The van der Waals surface area contributed by atoms with Crippen LogP contribution >= 0.6 is 0 Å². The highest BCUT2D eigenvalue weighted by molar-refractivity contribution is 7.22. The highest BCUT2D eigenvalue weighted by Gasteiger charge is 2.50. The van der Waals surface area contributed by atoms with Gasteiger partial charge in [-0.2, -0.15) is 5.26 Å². The van der Waals surface area contributed by atoms with Crippen LogP contribution < -0.4 is 42.0 Å². The van der Waals surface area contributed by atoms with Crippen molar-refractivity contribution >= 4 is 118 Å². The van der Waals surface area contributed by atoms with Gasteiger partial charge in [0.15, 0.2) is 8.07 Å². The standard InChI is InChI=1S/C62H36BN5Si/c1-65-58-61(67-51-32-15-12-27-43(51)46-37-56-47(36-54(46)67)44-28-13-18-35-55(44)69(56,40-22-7-3-8-23-40)41-24-9-4-10-25-41)48(38-64)60-57-62(58)68-52-33-16-11-26-42(52)45-29-19-31-50(59(45)68)63(57)49-30-14-17-34-53(49)66(60)39-20-5-2-6-21-39/h2-37H. The zero-order valence-electron chi connectivity index (χ0n) is 37.1. The maximum absolute atomic E-state index is 12.1. The molecule has 10 aromatic carbocycles. The van der Waals surface area contributed by atoms with E-state index < -0.39 is 8.07 Å². The molecule has 0 aliphatic carbocycles. The lowest BCUT2D eigenvalue weighted by Crippen LogP contribution is -2.72.